The molecule has 0 spiro atoms. The van der Waals surface area contributed by atoms with Crippen LogP contribution in [0.5, 0.6) is 0 Å². The summed E-state index contributed by atoms with van der Waals surface area (Å²) in [4.78, 5) is 11.2. The number of rotatable bonds is 2. The van der Waals surface area contributed by atoms with E-state index < -0.39 is 0 Å². The number of methoxy groups -OCH3 is 1. The van der Waals surface area contributed by atoms with E-state index in [1.165, 1.54) is 7.11 Å². The Morgan fingerprint density at radius 2 is 2.31 bits per heavy atom. The average Bonchev–Trinajstić information content (AvgIpc) is 2.17. The van der Waals surface area contributed by atoms with Crippen molar-refractivity contribution in [1.29, 1.82) is 0 Å². The maximum atomic E-state index is 11.2. The molecule has 13 heavy (non-hydrogen) atoms. The fourth-order valence-corrected chi connectivity index (χ4v) is 1.37. The average molecular weight is 244 g/mol. The molecule has 1 aromatic carbocycles. The standard InChI is InChI=1S/C9H10BrNO2/c1-13-9(12)7-4-6(5-11)2-3-8(7)10/h2-4H,5,11H2,1H3. The van der Waals surface area contributed by atoms with Gasteiger partial charge < -0.3 is 10.5 Å². The third-order valence-corrected chi connectivity index (χ3v) is 2.36. The second kappa shape index (κ2) is 4.39. The molecule has 0 unspecified atom stereocenters. The highest BCUT2D eigenvalue weighted by Crippen LogP contribution is 2.18. The largest absolute Gasteiger partial charge is 0.465 e. The van der Waals surface area contributed by atoms with E-state index >= 15 is 0 Å². The van der Waals surface area contributed by atoms with Gasteiger partial charge >= 0.3 is 5.97 Å². The monoisotopic (exact) mass is 243 g/mol. The van der Waals surface area contributed by atoms with Gasteiger partial charge in [-0.1, -0.05) is 6.07 Å². The molecule has 0 aliphatic heterocycles. The van der Waals surface area contributed by atoms with Crippen LogP contribution in [0.1, 0.15) is 15.9 Å². The molecule has 0 aromatic heterocycles. The maximum Gasteiger partial charge on any atom is 0.339 e. The van der Waals surface area contributed by atoms with E-state index in [1.54, 1.807) is 12.1 Å². The van der Waals surface area contributed by atoms with E-state index in [1.807, 2.05) is 6.07 Å². The minimum absolute atomic E-state index is 0.359. The molecule has 0 bridgehead atoms. The third-order valence-electron chi connectivity index (χ3n) is 1.67. The third kappa shape index (κ3) is 2.29. The molecular formula is C9H10BrNO2. The Kier molecular flexibility index (Phi) is 3.45. The number of esters is 1. The first-order valence-electron chi connectivity index (χ1n) is 3.76. The lowest BCUT2D eigenvalue weighted by Crippen LogP contribution is -2.04. The van der Waals surface area contributed by atoms with Crippen molar-refractivity contribution >= 4 is 21.9 Å². The first-order chi connectivity index (χ1) is 6.19. The number of carbonyl (C=O) groups excluding carboxylic acids is 1. The van der Waals surface area contributed by atoms with Crippen LogP contribution in [-0.4, -0.2) is 13.1 Å². The lowest BCUT2D eigenvalue weighted by atomic mass is 10.1. The summed E-state index contributed by atoms with van der Waals surface area (Å²) in [5, 5.41) is 0. The van der Waals surface area contributed by atoms with Gasteiger partial charge in [0.2, 0.25) is 0 Å². The predicted octanol–water partition coefficient (Wildman–Crippen LogP) is 1.69. The number of carbonyl (C=O) groups is 1. The summed E-state index contributed by atoms with van der Waals surface area (Å²) in [6.45, 7) is 0.414. The fraction of sp³-hybridized carbons (Fsp3) is 0.222. The van der Waals surface area contributed by atoms with Gasteiger partial charge in [-0.05, 0) is 33.6 Å². The summed E-state index contributed by atoms with van der Waals surface area (Å²) < 4.78 is 5.33. The summed E-state index contributed by atoms with van der Waals surface area (Å²) in [5.41, 5.74) is 6.85. The van der Waals surface area contributed by atoms with Crippen LogP contribution in [0.4, 0.5) is 0 Å². The molecular weight excluding hydrogens is 234 g/mol. The van der Waals surface area contributed by atoms with Crippen LogP contribution in [0.2, 0.25) is 0 Å². The van der Waals surface area contributed by atoms with Crippen molar-refractivity contribution in [3.63, 3.8) is 0 Å². The summed E-state index contributed by atoms with van der Waals surface area (Å²) in [7, 11) is 1.35. The van der Waals surface area contributed by atoms with Crippen molar-refractivity contribution in [1.82, 2.24) is 0 Å². The van der Waals surface area contributed by atoms with Crippen LogP contribution >= 0.6 is 15.9 Å². The molecule has 0 radical (unpaired) electrons. The molecule has 0 saturated carbocycles. The van der Waals surface area contributed by atoms with E-state index in [9.17, 15) is 4.79 Å². The van der Waals surface area contributed by atoms with Crippen LogP contribution in [0.3, 0.4) is 0 Å². The zero-order valence-corrected chi connectivity index (χ0v) is 8.80. The van der Waals surface area contributed by atoms with E-state index in [0.717, 1.165) is 10.0 Å². The van der Waals surface area contributed by atoms with Crippen LogP contribution in [0.25, 0.3) is 0 Å². The van der Waals surface area contributed by atoms with Gasteiger partial charge in [0.25, 0.3) is 0 Å². The Morgan fingerprint density at radius 3 is 2.85 bits per heavy atom. The number of ether oxygens (including phenoxy) is 1. The highest BCUT2D eigenvalue weighted by molar-refractivity contribution is 9.10. The summed E-state index contributed by atoms with van der Waals surface area (Å²) >= 11 is 3.26. The number of benzene rings is 1. The van der Waals surface area contributed by atoms with Gasteiger partial charge in [0.15, 0.2) is 0 Å². The van der Waals surface area contributed by atoms with Crippen molar-refractivity contribution in [2.75, 3.05) is 7.11 Å². The molecule has 0 aliphatic rings. The zero-order chi connectivity index (χ0) is 9.84. The number of hydrogen-bond donors (Lipinski definition) is 1. The van der Waals surface area contributed by atoms with Crippen molar-refractivity contribution in [2.24, 2.45) is 5.73 Å². The SMILES string of the molecule is COC(=O)c1cc(CN)ccc1Br. The topological polar surface area (TPSA) is 52.3 Å². The molecule has 0 aliphatic carbocycles. The summed E-state index contributed by atoms with van der Waals surface area (Å²) in [6, 6.07) is 5.36. The van der Waals surface area contributed by atoms with Gasteiger partial charge in [-0.2, -0.15) is 0 Å². The molecule has 3 nitrogen and oxygen atoms in total. The first-order valence-corrected chi connectivity index (χ1v) is 4.55. The molecule has 4 heteroatoms. The smallest absolute Gasteiger partial charge is 0.339 e. The van der Waals surface area contributed by atoms with E-state index in [0.29, 0.717) is 12.1 Å². The molecule has 2 N–H and O–H groups in total. The van der Waals surface area contributed by atoms with Crippen molar-refractivity contribution in [3.8, 4) is 0 Å². The second-order valence-corrected chi connectivity index (χ2v) is 3.36. The van der Waals surface area contributed by atoms with E-state index in [-0.39, 0.29) is 5.97 Å². The van der Waals surface area contributed by atoms with Gasteiger partial charge in [0.05, 0.1) is 12.7 Å². The second-order valence-electron chi connectivity index (χ2n) is 2.51. The first kappa shape index (κ1) is 10.2. The van der Waals surface area contributed by atoms with E-state index in [2.05, 4.69) is 20.7 Å². The van der Waals surface area contributed by atoms with Crippen LogP contribution in [-0.2, 0) is 11.3 Å². The predicted molar refractivity (Wildman–Crippen MR) is 53.4 cm³/mol. The quantitative estimate of drug-likeness (QED) is 0.805. The Balaban J connectivity index is 3.11. The Labute approximate surface area is 85.0 Å². The number of hydrogen-bond acceptors (Lipinski definition) is 3. The van der Waals surface area contributed by atoms with Crippen LogP contribution in [0, 0.1) is 0 Å². The highest BCUT2D eigenvalue weighted by atomic mass is 79.9. The highest BCUT2D eigenvalue weighted by Gasteiger charge is 2.09. The van der Waals surface area contributed by atoms with E-state index in [4.69, 9.17) is 5.73 Å². The number of halogens is 1. The van der Waals surface area contributed by atoms with Crippen molar-refractivity contribution < 1.29 is 9.53 Å². The Morgan fingerprint density at radius 1 is 1.62 bits per heavy atom. The molecule has 0 saturated heterocycles. The molecule has 70 valence electrons. The van der Waals surface area contributed by atoms with Gasteiger partial charge in [0, 0.05) is 11.0 Å². The Hall–Kier alpha value is -0.870. The van der Waals surface area contributed by atoms with Crippen molar-refractivity contribution in [3.05, 3.63) is 33.8 Å². The van der Waals surface area contributed by atoms with Gasteiger partial charge in [0.1, 0.15) is 0 Å². The van der Waals surface area contributed by atoms with Crippen LogP contribution in [0.15, 0.2) is 22.7 Å². The lowest BCUT2D eigenvalue weighted by molar-refractivity contribution is 0.0599. The lowest BCUT2D eigenvalue weighted by Gasteiger charge is -2.04. The minimum atomic E-state index is -0.359. The molecule has 0 amide bonds. The fourth-order valence-electron chi connectivity index (χ4n) is 0.966. The molecule has 1 rings (SSSR count). The minimum Gasteiger partial charge on any atom is -0.465 e. The van der Waals surface area contributed by atoms with Gasteiger partial charge in [-0.25, -0.2) is 4.79 Å². The maximum absolute atomic E-state index is 11.2. The molecule has 0 fully saturated rings. The summed E-state index contributed by atoms with van der Waals surface area (Å²) in [5.74, 6) is -0.359. The number of nitrogens with two attached hydrogens (primary N) is 1. The molecule has 1 aromatic rings. The van der Waals surface area contributed by atoms with Gasteiger partial charge in [-0.15, -0.1) is 0 Å². The molecule has 0 heterocycles. The summed E-state index contributed by atoms with van der Waals surface area (Å²) in [6.07, 6.45) is 0. The molecule has 0 atom stereocenters. The zero-order valence-electron chi connectivity index (χ0n) is 7.21. The van der Waals surface area contributed by atoms with Crippen LogP contribution < -0.4 is 5.73 Å². The normalized spacial score (nSPS) is 9.77. The van der Waals surface area contributed by atoms with Crippen molar-refractivity contribution in [2.45, 2.75) is 6.54 Å². The Bertz CT molecular complexity index is 325. The van der Waals surface area contributed by atoms with Gasteiger partial charge in [-0.3, -0.25) is 0 Å².